The van der Waals surface area contributed by atoms with Crippen molar-refractivity contribution in [1.29, 1.82) is 0 Å². The monoisotopic (exact) mass is 378 g/mol. The Labute approximate surface area is 162 Å². The van der Waals surface area contributed by atoms with Crippen molar-refractivity contribution in [2.45, 2.75) is 19.5 Å². The molecule has 27 heavy (non-hydrogen) atoms. The Morgan fingerprint density at radius 3 is 2.70 bits per heavy atom. The highest BCUT2D eigenvalue weighted by atomic mass is 32.1. The summed E-state index contributed by atoms with van der Waals surface area (Å²) in [6.45, 7) is 2.77. The number of aromatic nitrogens is 1. The van der Waals surface area contributed by atoms with Crippen LogP contribution in [0.15, 0.2) is 54.6 Å². The summed E-state index contributed by atoms with van der Waals surface area (Å²) < 4.78 is 6.57. The molecular weight excluding hydrogens is 356 g/mol. The summed E-state index contributed by atoms with van der Waals surface area (Å²) in [5, 5.41) is 13.7. The van der Waals surface area contributed by atoms with Crippen molar-refractivity contribution in [3.05, 3.63) is 65.2 Å². The first kappa shape index (κ1) is 17.8. The molecule has 0 saturated carbocycles. The number of phenolic OH excluding ortho intramolecular Hbond substituents is 1. The number of ether oxygens (including phenoxy) is 1. The number of nitrogens with zero attached hydrogens (tertiary/aromatic N) is 2. The van der Waals surface area contributed by atoms with Crippen LogP contribution in [0.5, 0.6) is 11.5 Å². The molecule has 4 aromatic rings. The summed E-state index contributed by atoms with van der Waals surface area (Å²) >= 11 is 1.72. The average molecular weight is 378 g/mol. The molecule has 5 heteroatoms. The van der Waals surface area contributed by atoms with E-state index in [-0.39, 0.29) is 6.04 Å². The van der Waals surface area contributed by atoms with E-state index in [9.17, 15) is 5.11 Å². The van der Waals surface area contributed by atoms with Gasteiger partial charge >= 0.3 is 0 Å². The quantitative estimate of drug-likeness (QED) is 0.508. The first-order valence-corrected chi connectivity index (χ1v) is 9.73. The number of thiazole rings is 1. The zero-order chi connectivity index (χ0) is 19.0. The first-order valence-electron chi connectivity index (χ1n) is 8.91. The van der Waals surface area contributed by atoms with Gasteiger partial charge in [-0.1, -0.05) is 24.3 Å². The molecule has 0 amide bonds. The smallest absolute Gasteiger partial charge is 0.120 e. The van der Waals surface area contributed by atoms with Crippen LogP contribution in [0.1, 0.15) is 23.5 Å². The third-order valence-corrected chi connectivity index (χ3v) is 6.26. The Kier molecular flexibility index (Phi) is 4.72. The Hall–Kier alpha value is -2.63. The molecule has 0 spiro atoms. The minimum absolute atomic E-state index is 0.141. The lowest BCUT2D eigenvalue weighted by Gasteiger charge is -2.24. The number of aromatic hydroxyl groups is 1. The van der Waals surface area contributed by atoms with Crippen molar-refractivity contribution in [2.75, 3.05) is 14.2 Å². The molecule has 1 heterocycles. The molecule has 0 aliphatic heterocycles. The number of para-hydroxylation sites is 1. The molecule has 138 valence electrons. The van der Waals surface area contributed by atoms with E-state index in [0.717, 1.165) is 32.6 Å². The first-order chi connectivity index (χ1) is 13.1. The fourth-order valence-corrected chi connectivity index (χ4v) is 4.37. The minimum Gasteiger partial charge on any atom is -0.508 e. The highest BCUT2D eigenvalue weighted by molar-refractivity contribution is 7.18. The summed E-state index contributed by atoms with van der Waals surface area (Å²) in [7, 11) is 3.72. The molecule has 1 atom stereocenters. The van der Waals surface area contributed by atoms with Gasteiger partial charge in [-0.3, -0.25) is 4.90 Å². The molecule has 3 aromatic carbocycles. The van der Waals surface area contributed by atoms with Crippen LogP contribution in [0.3, 0.4) is 0 Å². The molecule has 0 unspecified atom stereocenters. The molecule has 0 saturated heterocycles. The van der Waals surface area contributed by atoms with Gasteiger partial charge in [0.1, 0.15) is 16.5 Å². The van der Waals surface area contributed by atoms with Gasteiger partial charge in [0.25, 0.3) is 0 Å². The van der Waals surface area contributed by atoms with E-state index in [2.05, 4.69) is 24.9 Å². The standard InChI is InChI=1S/C22H22N2O2S/c1-14(22-23-19-6-4-5-7-21(19)27-22)24(2)13-18-17-12-16(26-3)10-8-15(17)9-11-20(18)25/h4-12,14,25H,13H2,1-3H3/t14-/m1/s1. The highest BCUT2D eigenvalue weighted by Gasteiger charge is 2.19. The fourth-order valence-electron chi connectivity index (χ4n) is 3.29. The number of fused-ring (bicyclic) bond motifs is 2. The maximum atomic E-state index is 10.5. The predicted octanol–water partition coefficient (Wildman–Crippen LogP) is 5.36. The van der Waals surface area contributed by atoms with Crippen molar-refractivity contribution in [2.24, 2.45) is 0 Å². The maximum Gasteiger partial charge on any atom is 0.120 e. The second-order valence-corrected chi connectivity index (χ2v) is 7.82. The number of hydrogen-bond donors (Lipinski definition) is 1. The van der Waals surface area contributed by atoms with Crippen LogP contribution in [0, 0.1) is 0 Å². The molecule has 1 N–H and O–H groups in total. The van der Waals surface area contributed by atoms with Crippen LogP contribution in [0.2, 0.25) is 0 Å². The van der Waals surface area contributed by atoms with Gasteiger partial charge in [0, 0.05) is 12.1 Å². The number of phenols is 1. The van der Waals surface area contributed by atoms with Gasteiger partial charge in [0.2, 0.25) is 0 Å². The number of methoxy groups -OCH3 is 1. The summed E-state index contributed by atoms with van der Waals surface area (Å²) in [6.07, 6.45) is 0. The van der Waals surface area contributed by atoms with Crippen LogP contribution in [0.25, 0.3) is 21.0 Å². The predicted molar refractivity (Wildman–Crippen MR) is 112 cm³/mol. The van der Waals surface area contributed by atoms with Gasteiger partial charge in [-0.05, 0) is 55.1 Å². The zero-order valence-corrected chi connectivity index (χ0v) is 16.5. The third-order valence-electron chi connectivity index (χ3n) is 5.05. The van der Waals surface area contributed by atoms with Crippen LogP contribution >= 0.6 is 11.3 Å². The van der Waals surface area contributed by atoms with E-state index >= 15 is 0 Å². The van der Waals surface area contributed by atoms with Crippen LogP contribution < -0.4 is 4.74 Å². The molecule has 4 nitrogen and oxygen atoms in total. The Morgan fingerprint density at radius 2 is 1.93 bits per heavy atom. The van der Waals surface area contributed by atoms with Gasteiger partial charge in [-0.25, -0.2) is 4.98 Å². The SMILES string of the molecule is COc1ccc2ccc(O)c(CN(C)[C@H](C)c3nc4ccccc4s3)c2c1. The second-order valence-electron chi connectivity index (χ2n) is 6.76. The highest BCUT2D eigenvalue weighted by Crippen LogP contribution is 2.34. The van der Waals surface area contributed by atoms with Gasteiger partial charge in [-0.2, -0.15) is 0 Å². The third kappa shape index (κ3) is 3.36. The summed E-state index contributed by atoms with van der Waals surface area (Å²) in [5.41, 5.74) is 1.94. The Bertz CT molecular complexity index is 1070. The second kappa shape index (κ2) is 7.18. The zero-order valence-electron chi connectivity index (χ0n) is 15.6. The van der Waals surface area contributed by atoms with Crippen molar-refractivity contribution >= 4 is 32.3 Å². The van der Waals surface area contributed by atoms with E-state index in [4.69, 9.17) is 9.72 Å². The van der Waals surface area contributed by atoms with E-state index in [0.29, 0.717) is 12.3 Å². The molecule has 0 fully saturated rings. The Balaban J connectivity index is 1.67. The molecule has 0 bridgehead atoms. The topological polar surface area (TPSA) is 45.6 Å². The van der Waals surface area contributed by atoms with E-state index in [1.807, 2.05) is 42.5 Å². The lowest BCUT2D eigenvalue weighted by molar-refractivity contribution is 0.250. The normalized spacial score (nSPS) is 12.7. The number of hydrogen-bond acceptors (Lipinski definition) is 5. The minimum atomic E-state index is 0.141. The van der Waals surface area contributed by atoms with Gasteiger partial charge in [0.05, 0.1) is 23.4 Å². The number of rotatable bonds is 5. The number of benzene rings is 3. The van der Waals surface area contributed by atoms with Gasteiger partial charge in [0.15, 0.2) is 0 Å². The van der Waals surface area contributed by atoms with Crippen LogP contribution in [-0.2, 0) is 6.54 Å². The summed E-state index contributed by atoms with van der Waals surface area (Å²) in [6, 6.07) is 18.0. The molecule has 1 aromatic heterocycles. The Morgan fingerprint density at radius 1 is 1.15 bits per heavy atom. The summed E-state index contributed by atoms with van der Waals surface area (Å²) in [4.78, 5) is 7.00. The fraction of sp³-hybridized carbons (Fsp3) is 0.227. The summed E-state index contributed by atoms with van der Waals surface area (Å²) in [5.74, 6) is 1.09. The van der Waals surface area contributed by atoms with Crippen molar-refractivity contribution in [3.8, 4) is 11.5 Å². The van der Waals surface area contributed by atoms with Crippen LogP contribution in [0.4, 0.5) is 0 Å². The molecule has 0 aliphatic carbocycles. The largest absolute Gasteiger partial charge is 0.508 e. The molecule has 4 rings (SSSR count). The van der Waals surface area contributed by atoms with Crippen LogP contribution in [-0.4, -0.2) is 29.1 Å². The van der Waals surface area contributed by atoms with Crippen molar-refractivity contribution in [1.82, 2.24) is 9.88 Å². The molecule has 0 aliphatic rings. The van der Waals surface area contributed by atoms with Crippen molar-refractivity contribution < 1.29 is 9.84 Å². The lowest BCUT2D eigenvalue weighted by atomic mass is 10.0. The maximum absolute atomic E-state index is 10.5. The lowest BCUT2D eigenvalue weighted by Crippen LogP contribution is -2.22. The van der Waals surface area contributed by atoms with E-state index in [1.165, 1.54) is 4.70 Å². The van der Waals surface area contributed by atoms with E-state index in [1.54, 1.807) is 24.5 Å². The van der Waals surface area contributed by atoms with Gasteiger partial charge in [-0.15, -0.1) is 11.3 Å². The average Bonchev–Trinajstić information content (AvgIpc) is 3.13. The van der Waals surface area contributed by atoms with Gasteiger partial charge < -0.3 is 9.84 Å². The molecule has 0 radical (unpaired) electrons. The van der Waals surface area contributed by atoms with Crippen molar-refractivity contribution in [3.63, 3.8) is 0 Å². The van der Waals surface area contributed by atoms with E-state index < -0.39 is 0 Å². The molecular formula is C22H22N2O2S.